The van der Waals surface area contributed by atoms with E-state index in [1.165, 1.54) is 17.7 Å². The van der Waals surface area contributed by atoms with Gasteiger partial charge in [-0.05, 0) is 47.9 Å². The van der Waals surface area contributed by atoms with Crippen LogP contribution >= 0.6 is 0 Å². The van der Waals surface area contributed by atoms with Crippen LogP contribution in [0, 0.1) is 5.82 Å². The third-order valence-electron chi connectivity index (χ3n) is 5.04. The fourth-order valence-corrected chi connectivity index (χ4v) is 3.57. The van der Waals surface area contributed by atoms with E-state index in [-0.39, 0.29) is 18.1 Å². The Morgan fingerprint density at radius 2 is 2.15 bits per heavy atom. The van der Waals surface area contributed by atoms with Crippen molar-refractivity contribution in [3.8, 4) is 5.75 Å². The van der Waals surface area contributed by atoms with Crippen molar-refractivity contribution >= 4 is 22.4 Å². The standard InChI is InChI=1S/C22H21FN2O2/c1-27-18-5-6-21-19(13-18)20(14-24-21)16-7-9-25(10-8-16)22(26)12-15-3-2-4-17(23)11-15/h2-7,11,13-14,24H,8-10,12H2,1H3. The molecule has 1 aromatic heterocycles. The van der Waals surface area contributed by atoms with E-state index < -0.39 is 0 Å². The number of hydrogen-bond acceptors (Lipinski definition) is 2. The van der Waals surface area contributed by atoms with Gasteiger partial charge in [0, 0.05) is 35.8 Å². The molecule has 138 valence electrons. The van der Waals surface area contributed by atoms with E-state index >= 15 is 0 Å². The molecule has 1 N–H and O–H groups in total. The summed E-state index contributed by atoms with van der Waals surface area (Å²) in [6.07, 6.45) is 5.14. The molecule has 2 heterocycles. The van der Waals surface area contributed by atoms with Crippen molar-refractivity contribution < 1.29 is 13.9 Å². The summed E-state index contributed by atoms with van der Waals surface area (Å²) in [5.41, 5.74) is 4.15. The average Bonchev–Trinajstić information content (AvgIpc) is 3.11. The summed E-state index contributed by atoms with van der Waals surface area (Å²) in [5, 5.41) is 1.13. The van der Waals surface area contributed by atoms with Gasteiger partial charge < -0.3 is 14.6 Å². The molecule has 4 rings (SSSR count). The maximum atomic E-state index is 13.3. The van der Waals surface area contributed by atoms with Gasteiger partial charge in [0.2, 0.25) is 5.91 Å². The molecule has 0 spiro atoms. The summed E-state index contributed by atoms with van der Waals surface area (Å²) in [5.74, 6) is 0.541. The Bertz CT molecular complexity index is 1020. The van der Waals surface area contributed by atoms with Crippen LogP contribution in [0.3, 0.4) is 0 Å². The van der Waals surface area contributed by atoms with Gasteiger partial charge in [-0.2, -0.15) is 0 Å². The quantitative estimate of drug-likeness (QED) is 0.755. The number of fused-ring (bicyclic) bond motifs is 1. The molecule has 1 amide bonds. The number of nitrogens with zero attached hydrogens (tertiary/aromatic N) is 1. The lowest BCUT2D eigenvalue weighted by atomic mass is 9.98. The summed E-state index contributed by atoms with van der Waals surface area (Å²) in [4.78, 5) is 17.6. The van der Waals surface area contributed by atoms with E-state index in [4.69, 9.17) is 4.74 Å². The zero-order chi connectivity index (χ0) is 18.8. The summed E-state index contributed by atoms with van der Waals surface area (Å²) < 4.78 is 18.6. The number of amides is 1. The zero-order valence-electron chi connectivity index (χ0n) is 15.2. The lowest BCUT2D eigenvalue weighted by molar-refractivity contribution is -0.130. The first-order valence-electron chi connectivity index (χ1n) is 9.01. The van der Waals surface area contributed by atoms with Gasteiger partial charge in [0.15, 0.2) is 0 Å². The molecule has 0 radical (unpaired) electrons. The van der Waals surface area contributed by atoms with E-state index in [0.717, 1.165) is 28.6 Å². The monoisotopic (exact) mass is 364 g/mol. The smallest absolute Gasteiger partial charge is 0.227 e. The van der Waals surface area contributed by atoms with Crippen LogP contribution in [0.25, 0.3) is 16.5 Å². The van der Waals surface area contributed by atoms with Gasteiger partial charge in [0.25, 0.3) is 0 Å². The molecule has 3 aromatic rings. The molecule has 27 heavy (non-hydrogen) atoms. The Balaban J connectivity index is 1.49. The summed E-state index contributed by atoms with van der Waals surface area (Å²) in [6.45, 7) is 1.23. The number of halogens is 1. The number of methoxy groups -OCH3 is 1. The van der Waals surface area contributed by atoms with Crippen molar-refractivity contribution in [3.05, 3.63) is 71.7 Å². The average molecular weight is 364 g/mol. The first-order chi connectivity index (χ1) is 13.1. The Morgan fingerprint density at radius 1 is 1.26 bits per heavy atom. The summed E-state index contributed by atoms with van der Waals surface area (Å²) in [7, 11) is 1.66. The first-order valence-corrected chi connectivity index (χ1v) is 9.01. The normalized spacial score (nSPS) is 14.3. The molecule has 1 aliphatic heterocycles. The maximum Gasteiger partial charge on any atom is 0.227 e. The largest absolute Gasteiger partial charge is 0.497 e. The second-order valence-electron chi connectivity index (χ2n) is 6.74. The van der Waals surface area contributed by atoms with Gasteiger partial charge in [0.05, 0.1) is 13.5 Å². The van der Waals surface area contributed by atoms with Crippen LogP contribution in [0.5, 0.6) is 5.75 Å². The fraction of sp³-hybridized carbons (Fsp3) is 0.227. The molecule has 5 heteroatoms. The SMILES string of the molecule is COc1ccc2[nH]cc(C3=CCN(C(=O)Cc4cccc(F)c4)CC3)c2c1. The number of aromatic nitrogens is 1. The van der Waals surface area contributed by atoms with Crippen molar-refractivity contribution in [1.29, 1.82) is 0 Å². The highest BCUT2D eigenvalue weighted by Crippen LogP contribution is 2.31. The molecule has 0 saturated carbocycles. The maximum absolute atomic E-state index is 13.3. The number of carbonyl (C=O) groups excluding carboxylic acids is 1. The van der Waals surface area contributed by atoms with E-state index in [1.807, 2.05) is 29.3 Å². The van der Waals surface area contributed by atoms with Crippen LogP contribution in [0.15, 0.2) is 54.7 Å². The van der Waals surface area contributed by atoms with Crippen molar-refractivity contribution in [1.82, 2.24) is 9.88 Å². The van der Waals surface area contributed by atoms with Gasteiger partial charge in [0.1, 0.15) is 11.6 Å². The Labute approximate surface area is 157 Å². The van der Waals surface area contributed by atoms with Crippen molar-refractivity contribution in [3.63, 3.8) is 0 Å². The molecular formula is C22H21FN2O2. The molecule has 1 aliphatic rings. The predicted molar refractivity (Wildman–Crippen MR) is 104 cm³/mol. The number of ether oxygens (including phenoxy) is 1. The predicted octanol–water partition coefficient (Wildman–Crippen LogP) is 4.17. The molecular weight excluding hydrogens is 343 g/mol. The minimum atomic E-state index is -0.309. The van der Waals surface area contributed by atoms with Crippen LogP contribution in [-0.4, -0.2) is 36.0 Å². The molecule has 0 aliphatic carbocycles. The van der Waals surface area contributed by atoms with Crippen molar-refractivity contribution in [2.24, 2.45) is 0 Å². The molecule has 0 bridgehead atoms. The van der Waals surface area contributed by atoms with E-state index in [1.54, 1.807) is 19.2 Å². The molecule has 0 saturated heterocycles. The molecule has 0 unspecified atom stereocenters. The van der Waals surface area contributed by atoms with Crippen molar-refractivity contribution in [2.75, 3.05) is 20.2 Å². The lowest BCUT2D eigenvalue weighted by Crippen LogP contribution is -2.35. The highest BCUT2D eigenvalue weighted by atomic mass is 19.1. The third kappa shape index (κ3) is 3.58. The fourth-order valence-electron chi connectivity index (χ4n) is 3.57. The van der Waals surface area contributed by atoms with Crippen LogP contribution in [0.2, 0.25) is 0 Å². The number of nitrogens with one attached hydrogen (secondary N) is 1. The van der Waals surface area contributed by atoms with E-state index in [2.05, 4.69) is 11.1 Å². The Morgan fingerprint density at radius 3 is 2.89 bits per heavy atom. The third-order valence-corrected chi connectivity index (χ3v) is 5.04. The van der Waals surface area contributed by atoms with Gasteiger partial charge in [-0.3, -0.25) is 4.79 Å². The van der Waals surface area contributed by atoms with Crippen LogP contribution in [0.4, 0.5) is 4.39 Å². The van der Waals surface area contributed by atoms with Crippen LogP contribution in [-0.2, 0) is 11.2 Å². The zero-order valence-corrected chi connectivity index (χ0v) is 15.2. The Hall–Kier alpha value is -3.08. The van der Waals surface area contributed by atoms with Crippen LogP contribution < -0.4 is 4.74 Å². The molecule has 0 fully saturated rings. The number of benzene rings is 2. The minimum absolute atomic E-state index is 0.0245. The van der Waals surface area contributed by atoms with Crippen LogP contribution in [0.1, 0.15) is 17.5 Å². The van der Waals surface area contributed by atoms with E-state index in [0.29, 0.717) is 18.7 Å². The number of rotatable bonds is 4. The molecule has 0 atom stereocenters. The highest BCUT2D eigenvalue weighted by molar-refractivity contribution is 5.94. The topological polar surface area (TPSA) is 45.3 Å². The van der Waals surface area contributed by atoms with Gasteiger partial charge in [-0.1, -0.05) is 18.2 Å². The second kappa shape index (κ2) is 7.27. The number of carbonyl (C=O) groups is 1. The Kier molecular flexibility index (Phi) is 4.67. The highest BCUT2D eigenvalue weighted by Gasteiger charge is 2.20. The minimum Gasteiger partial charge on any atom is -0.497 e. The van der Waals surface area contributed by atoms with Gasteiger partial charge in [-0.25, -0.2) is 4.39 Å². The number of hydrogen-bond donors (Lipinski definition) is 1. The molecule has 2 aromatic carbocycles. The summed E-state index contributed by atoms with van der Waals surface area (Å²) >= 11 is 0. The first kappa shape index (κ1) is 17.3. The van der Waals surface area contributed by atoms with E-state index in [9.17, 15) is 9.18 Å². The second-order valence-corrected chi connectivity index (χ2v) is 6.74. The lowest BCUT2D eigenvalue weighted by Gasteiger charge is -2.26. The van der Waals surface area contributed by atoms with Gasteiger partial charge >= 0.3 is 0 Å². The van der Waals surface area contributed by atoms with Gasteiger partial charge in [-0.15, -0.1) is 0 Å². The summed E-state index contributed by atoms with van der Waals surface area (Å²) in [6, 6.07) is 12.2. The number of aromatic amines is 1. The molecule has 4 nitrogen and oxygen atoms in total. The number of H-pyrrole nitrogens is 1. The van der Waals surface area contributed by atoms with Crippen molar-refractivity contribution in [2.45, 2.75) is 12.8 Å².